The van der Waals surface area contributed by atoms with Gasteiger partial charge < -0.3 is 10.3 Å². The maximum absolute atomic E-state index is 5.81. The summed E-state index contributed by atoms with van der Waals surface area (Å²) >= 11 is 0. The maximum Gasteiger partial charge on any atom is 0.0991 e. The minimum absolute atomic E-state index is 0. The lowest BCUT2D eigenvalue weighted by molar-refractivity contribution is 0.816. The number of benzene rings is 1. The van der Waals surface area contributed by atoms with Gasteiger partial charge >= 0.3 is 0 Å². The second kappa shape index (κ2) is 6.53. The molecule has 1 atom stereocenters. The Hall–Kier alpha value is -1.03. The van der Waals surface area contributed by atoms with E-state index in [9.17, 15) is 0 Å². The molecule has 0 saturated carbocycles. The molecule has 1 aromatic heterocycles. The van der Waals surface area contributed by atoms with E-state index in [1.54, 1.807) is 12.5 Å². The van der Waals surface area contributed by atoms with E-state index in [-0.39, 0.29) is 30.9 Å². The molecule has 88 valence electrons. The fraction of sp³-hybridized carbons (Fsp3) is 0.182. The van der Waals surface area contributed by atoms with Gasteiger partial charge in [0, 0.05) is 24.1 Å². The molecule has 2 rings (SSSR count). The summed E-state index contributed by atoms with van der Waals surface area (Å²) in [4.78, 5) is 4.00. The third-order valence-electron chi connectivity index (χ3n) is 2.20. The SMILES string of the molecule is C[C@H](N)c1cccc(-n2ccnc2)c1.Cl.Cl. The summed E-state index contributed by atoms with van der Waals surface area (Å²) in [6, 6.07) is 8.22. The molecule has 3 nitrogen and oxygen atoms in total. The Morgan fingerprint density at radius 1 is 1.31 bits per heavy atom. The van der Waals surface area contributed by atoms with Crippen molar-refractivity contribution in [1.29, 1.82) is 0 Å². The predicted molar refractivity (Wildman–Crippen MR) is 70.7 cm³/mol. The molecule has 1 aromatic carbocycles. The largest absolute Gasteiger partial charge is 0.324 e. The van der Waals surface area contributed by atoms with E-state index in [2.05, 4.69) is 11.1 Å². The Kier molecular flexibility index (Phi) is 6.11. The molecule has 0 aliphatic rings. The van der Waals surface area contributed by atoms with Gasteiger partial charge in [-0.25, -0.2) is 4.98 Å². The summed E-state index contributed by atoms with van der Waals surface area (Å²) in [6.07, 6.45) is 5.46. The number of hydrogen-bond donors (Lipinski definition) is 1. The molecule has 0 amide bonds. The number of imidazole rings is 1. The smallest absolute Gasteiger partial charge is 0.0991 e. The molecular formula is C11H15Cl2N3. The molecule has 0 bridgehead atoms. The van der Waals surface area contributed by atoms with Gasteiger partial charge in [0.25, 0.3) is 0 Å². The van der Waals surface area contributed by atoms with Crippen molar-refractivity contribution in [2.75, 3.05) is 0 Å². The first kappa shape index (κ1) is 15.0. The van der Waals surface area contributed by atoms with Gasteiger partial charge in [-0.3, -0.25) is 0 Å². The molecule has 2 aromatic rings. The molecule has 16 heavy (non-hydrogen) atoms. The van der Waals surface area contributed by atoms with Crippen molar-refractivity contribution in [1.82, 2.24) is 9.55 Å². The lowest BCUT2D eigenvalue weighted by atomic mass is 10.1. The molecule has 5 heteroatoms. The van der Waals surface area contributed by atoms with Crippen LogP contribution in [0, 0.1) is 0 Å². The molecule has 0 aliphatic heterocycles. The lowest BCUT2D eigenvalue weighted by Crippen LogP contribution is -2.05. The van der Waals surface area contributed by atoms with E-state index in [4.69, 9.17) is 5.73 Å². The molecule has 2 N–H and O–H groups in total. The van der Waals surface area contributed by atoms with Crippen LogP contribution in [0.4, 0.5) is 0 Å². The molecule has 0 radical (unpaired) electrons. The quantitative estimate of drug-likeness (QED) is 0.902. The Morgan fingerprint density at radius 3 is 2.62 bits per heavy atom. The Morgan fingerprint density at radius 2 is 2.06 bits per heavy atom. The summed E-state index contributed by atoms with van der Waals surface area (Å²) in [5.74, 6) is 0. The van der Waals surface area contributed by atoms with Gasteiger partial charge in [0.05, 0.1) is 6.33 Å². The van der Waals surface area contributed by atoms with E-state index in [0.717, 1.165) is 11.3 Å². The average molecular weight is 260 g/mol. The van der Waals surface area contributed by atoms with E-state index in [1.165, 1.54) is 0 Å². The fourth-order valence-corrected chi connectivity index (χ4v) is 1.38. The molecule has 0 fully saturated rings. The lowest BCUT2D eigenvalue weighted by Gasteiger charge is -2.08. The molecular weight excluding hydrogens is 245 g/mol. The van der Waals surface area contributed by atoms with Crippen molar-refractivity contribution in [2.45, 2.75) is 13.0 Å². The third kappa shape index (κ3) is 3.23. The number of halogens is 2. The van der Waals surface area contributed by atoms with Crippen LogP contribution in [-0.2, 0) is 0 Å². The van der Waals surface area contributed by atoms with Crippen LogP contribution in [0.1, 0.15) is 18.5 Å². The summed E-state index contributed by atoms with van der Waals surface area (Å²) in [5, 5.41) is 0. The zero-order valence-corrected chi connectivity index (χ0v) is 10.5. The normalized spacial score (nSPS) is 11.1. The van der Waals surface area contributed by atoms with Crippen LogP contribution in [-0.4, -0.2) is 9.55 Å². The van der Waals surface area contributed by atoms with E-state index < -0.39 is 0 Å². The monoisotopic (exact) mass is 259 g/mol. The number of nitrogens with zero attached hydrogens (tertiary/aromatic N) is 2. The minimum atomic E-state index is 0. The first-order valence-electron chi connectivity index (χ1n) is 4.61. The van der Waals surface area contributed by atoms with Crippen molar-refractivity contribution in [2.24, 2.45) is 5.73 Å². The van der Waals surface area contributed by atoms with Crippen molar-refractivity contribution in [3.63, 3.8) is 0 Å². The summed E-state index contributed by atoms with van der Waals surface area (Å²) in [5.41, 5.74) is 8.04. The Labute approximate surface area is 108 Å². The molecule has 0 saturated heterocycles. The highest BCUT2D eigenvalue weighted by Gasteiger charge is 2.00. The van der Waals surface area contributed by atoms with Gasteiger partial charge in [0.2, 0.25) is 0 Å². The maximum atomic E-state index is 5.81. The van der Waals surface area contributed by atoms with E-state index in [1.807, 2.05) is 35.9 Å². The second-order valence-corrected chi connectivity index (χ2v) is 3.35. The van der Waals surface area contributed by atoms with Gasteiger partial charge in [-0.1, -0.05) is 12.1 Å². The van der Waals surface area contributed by atoms with E-state index in [0.29, 0.717) is 0 Å². The van der Waals surface area contributed by atoms with Gasteiger partial charge in [-0.15, -0.1) is 24.8 Å². The fourth-order valence-electron chi connectivity index (χ4n) is 1.38. The van der Waals surface area contributed by atoms with Crippen molar-refractivity contribution in [3.05, 3.63) is 48.5 Å². The third-order valence-corrected chi connectivity index (χ3v) is 2.20. The van der Waals surface area contributed by atoms with Gasteiger partial charge in [0.1, 0.15) is 0 Å². The van der Waals surface area contributed by atoms with Gasteiger partial charge in [-0.05, 0) is 24.6 Å². The first-order chi connectivity index (χ1) is 6.77. The molecule has 0 unspecified atom stereocenters. The molecule has 1 heterocycles. The van der Waals surface area contributed by atoms with Crippen LogP contribution < -0.4 is 5.73 Å². The standard InChI is InChI=1S/C11H13N3.2ClH/c1-9(12)10-3-2-4-11(7-10)14-6-5-13-8-14;;/h2-9H,12H2,1H3;2*1H/t9-;;/m0../s1. The van der Waals surface area contributed by atoms with Crippen molar-refractivity contribution < 1.29 is 0 Å². The Balaban J connectivity index is 0.00000112. The van der Waals surface area contributed by atoms with Crippen LogP contribution in [0.2, 0.25) is 0 Å². The van der Waals surface area contributed by atoms with Crippen LogP contribution in [0.5, 0.6) is 0 Å². The molecule has 0 spiro atoms. The van der Waals surface area contributed by atoms with Crippen LogP contribution >= 0.6 is 24.8 Å². The topological polar surface area (TPSA) is 43.8 Å². The molecule has 0 aliphatic carbocycles. The Bertz CT molecular complexity index is 413. The van der Waals surface area contributed by atoms with Crippen LogP contribution in [0.25, 0.3) is 5.69 Å². The van der Waals surface area contributed by atoms with E-state index >= 15 is 0 Å². The summed E-state index contributed by atoms with van der Waals surface area (Å²) < 4.78 is 1.96. The number of hydrogen-bond acceptors (Lipinski definition) is 2. The first-order valence-corrected chi connectivity index (χ1v) is 4.61. The number of nitrogens with two attached hydrogens (primary N) is 1. The highest BCUT2D eigenvalue weighted by molar-refractivity contribution is 5.85. The summed E-state index contributed by atoms with van der Waals surface area (Å²) in [6.45, 7) is 1.98. The van der Waals surface area contributed by atoms with Crippen LogP contribution in [0.3, 0.4) is 0 Å². The zero-order chi connectivity index (χ0) is 9.97. The highest BCUT2D eigenvalue weighted by Crippen LogP contribution is 2.14. The van der Waals surface area contributed by atoms with Gasteiger partial charge in [0.15, 0.2) is 0 Å². The van der Waals surface area contributed by atoms with Crippen molar-refractivity contribution in [3.8, 4) is 5.69 Å². The highest BCUT2D eigenvalue weighted by atomic mass is 35.5. The predicted octanol–water partition coefficient (Wildman–Crippen LogP) is 2.74. The number of rotatable bonds is 2. The summed E-state index contributed by atoms with van der Waals surface area (Å²) in [7, 11) is 0. The van der Waals surface area contributed by atoms with Crippen LogP contribution in [0.15, 0.2) is 43.0 Å². The van der Waals surface area contributed by atoms with Crippen molar-refractivity contribution >= 4 is 24.8 Å². The van der Waals surface area contributed by atoms with Gasteiger partial charge in [-0.2, -0.15) is 0 Å². The number of aromatic nitrogens is 2. The zero-order valence-electron chi connectivity index (χ0n) is 8.91. The second-order valence-electron chi connectivity index (χ2n) is 3.35. The minimum Gasteiger partial charge on any atom is -0.324 e. The average Bonchev–Trinajstić information content (AvgIpc) is 2.71.